The van der Waals surface area contributed by atoms with Gasteiger partial charge in [0.25, 0.3) is 5.69 Å². The molecule has 0 atom stereocenters. The maximum Gasteiger partial charge on any atom is 0.269 e. The lowest BCUT2D eigenvalue weighted by atomic mass is 10.2. The van der Waals surface area contributed by atoms with Crippen molar-refractivity contribution >= 4 is 44.8 Å². The molecule has 6 nitrogen and oxygen atoms in total. The highest BCUT2D eigenvalue weighted by Crippen LogP contribution is 2.23. The normalized spacial score (nSPS) is 10.8. The average molecular weight is 427 g/mol. The molecule has 0 heterocycles. The smallest absolute Gasteiger partial charge is 0.269 e. The number of carbonyl (C=O) groups is 1. The minimum absolute atomic E-state index is 0.0254. The Kier molecular flexibility index (Phi) is 6.52. The number of nitrogens with zero attached hydrogens (tertiary/aromatic N) is 2. The molecule has 0 radical (unpaired) electrons. The van der Waals surface area contributed by atoms with Crippen LogP contribution in [0.2, 0.25) is 5.02 Å². The highest BCUT2D eigenvalue weighted by Gasteiger charge is 2.13. The zero-order chi connectivity index (χ0) is 18.6. The van der Waals surface area contributed by atoms with Crippen LogP contribution in [0.1, 0.15) is 11.1 Å². The largest absolute Gasteiger partial charge is 0.325 e. The summed E-state index contributed by atoms with van der Waals surface area (Å²) >= 11 is 9.50. The number of nitro benzene ring substituents is 1. The van der Waals surface area contributed by atoms with Crippen molar-refractivity contribution < 1.29 is 9.72 Å². The molecular formula is C17H17BrClN3O3. The first kappa shape index (κ1) is 19.4. The number of rotatable bonds is 6. The quantitative estimate of drug-likeness (QED) is 0.549. The summed E-state index contributed by atoms with van der Waals surface area (Å²) in [6.45, 7) is 2.40. The van der Waals surface area contributed by atoms with Crippen LogP contribution in [0.5, 0.6) is 0 Å². The van der Waals surface area contributed by atoms with E-state index in [-0.39, 0.29) is 18.1 Å². The third-order valence-corrected chi connectivity index (χ3v) is 4.79. The summed E-state index contributed by atoms with van der Waals surface area (Å²) in [5.41, 5.74) is 2.32. The lowest BCUT2D eigenvalue weighted by Gasteiger charge is -2.17. The van der Waals surface area contributed by atoms with Crippen molar-refractivity contribution in [1.82, 2.24) is 4.90 Å². The standard InChI is InChI=1S/C17H17BrClN3O3/c1-11-7-13(3-5-15(11)18)20-17(23)10-21(2)9-12-8-14(22(24)25)4-6-16(12)19/h3-8H,9-10H2,1-2H3,(H,20,23). The van der Waals surface area contributed by atoms with E-state index in [1.54, 1.807) is 11.9 Å². The summed E-state index contributed by atoms with van der Waals surface area (Å²) in [7, 11) is 1.75. The number of carbonyl (C=O) groups excluding carboxylic acids is 1. The number of halogens is 2. The van der Waals surface area contributed by atoms with Gasteiger partial charge in [0.1, 0.15) is 0 Å². The van der Waals surface area contributed by atoms with Gasteiger partial charge >= 0.3 is 0 Å². The van der Waals surface area contributed by atoms with Crippen molar-refractivity contribution in [2.24, 2.45) is 0 Å². The van der Waals surface area contributed by atoms with Crippen molar-refractivity contribution in [2.75, 3.05) is 18.9 Å². The number of anilines is 1. The van der Waals surface area contributed by atoms with E-state index < -0.39 is 4.92 Å². The van der Waals surface area contributed by atoms with E-state index in [1.165, 1.54) is 18.2 Å². The third-order valence-electron chi connectivity index (χ3n) is 3.54. The van der Waals surface area contributed by atoms with Gasteiger partial charge in [-0.2, -0.15) is 0 Å². The first-order chi connectivity index (χ1) is 11.8. The topological polar surface area (TPSA) is 75.5 Å². The molecule has 25 heavy (non-hydrogen) atoms. The molecule has 1 N–H and O–H groups in total. The lowest BCUT2D eigenvalue weighted by molar-refractivity contribution is -0.384. The van der Waals surface area contributed by atoms with Crippen molar-refractivity contribution in [3.05, 3.63) is 67.1 Å². The Labute approximate surface area is 159 Å². The van der Waals surface area contributed by atoms with Gasteiger partial charge in [0.2, 0.25) is 5.91 Å². The van der Waals surface area contributed by atoms with Crippen molar-refractivity contribution in [1.29, 1.82) is 0 Å². The molecule has 132 valence electrons. The summed E-state index contributed by atoms with van der Waals surface area (Å²) < 4.78 is 0.975. The van der Waals surface area contributed by atoms with E-state index >= 15 is 0 Å². The number of amides is 1. The first-order valence-electron chi connectivity index (χ1n) is 7.43. The van der Waals surface area contributed by atoms with Gasteiger partial charge in [-0.25, -0.2) is 0 Å². The Balaban J connectivity index is 1.98. The number of hydrogen-bond donors (Lipinski definition) is 1. The van der Waals surface area contributed by atoms with Gasteiger partial charge < -0.3 is 5.32 Å². The first-order valence-corrected chi connectivity index (χ1v) is 8.60. The monoisotopic (exact) mass is 425 g/mol. The summed E-state index contributed by atoms with van der Waals surface area (Å²) in [6.07, 6.45) is 0. The van der Waals surface area contributed by atoms with Crippen LogP contribution in [0.3, 0.4) is 0 Å². The van der Waals surface area contributed by atoms with Gasteiger partial charge in [0.15, 0.2) is 0 Å². The number of nitrogens with one attached hydrogen (secondary N) is 1. The molecule has 0 saturated carbocycles. The predicted molar refractivity (Wildman–Crippen MR) is 102 cm³/mol. The molecule has 2 aromatic rings. The molecule has 0 aliphatic carbocycles. The van der Waals surface area contributed by atoms with Crippen molar-refractivity contribution in [3.8, 4) is 0 Å². The van der Waals surface area contributed by atoms with Crippen LogP contribution in [-0.4, -0.2) is 29.3 Å². The molecule has 0 fully saturated rings. The van der Waals surface area contributed by atoms with Crippen LogP contribution < -0.4 is 5.32 Å². The highest BCUT2D eigenvalue weighted by atomic mass is 79.9. The highest BCUT2D eigenvalue weighted by molar-refractivity contribution is 9.10. The second-order valence-electron chi connectivity index (χ2n) is 5.72. The SMILES string of the molecule is Cc1cc(NC(=O)CN(C)Cc2cc([N+](=O)[O-])ccc2Cl)ccc1Br. The Morgan fingerprint density at radius 1 is 1.32 bits per heavy atom. The summed E-state index contributed by atoms with van der Waals surface area (Å²) in [6, 6.07) is 9.83. The molecule has 1 amide bonds. The fourth-order valence-corrected chi connectivity index (χ4v) is 2.73. The molecule has 2 aromatic carbocycles. The van der Waals surface area contributed by atoms with Crippen LogP contribution in [-0.2, 0) is 11.3 Å². The molecule has 0 aromatic heterocycles. The van der Waals surface area contributed by atoms with E-state index in [1.807, 2.05) is 25.1 Å². The molecule has 2 rings (SSSR count). The molecular weight excluding hydrogens is 410 g/mol. The molecule has 0 aliphatic rings. The van der Waals surface area contributed by atoms with E-state index in [2.05, 4.69) is 21.2 Å². The van der Waals surface area contributed by atoms with Crippen molar-refractivity contribution in [3.63, 3.8) is 0 Å². The van der Waals surface area contributed by atoms with Crippen LogP contribution >= 0.6 is 27.5 Å². The third kappa shape index (κ3) is 5.52. The number of hydrogen-bond acceptors (Lipinski definition) is 4. The van der Waals surface area contributed by atoms with Gasteiger partial charge in [-0.05, 0) is 49.4 Å². The molecule has 8 heteroatoms. The second kappa shape index (κ2) is 8.42. The number of nitro groups is 1. The van der Waals surface area contributed by atoms with Gasteiger partial charge in [0, 0.05) is 33.9 Å². The number of likely N-dealkylation sites (N-methyl/N-ethyl adjacent to an activating group) is 1. The zero-order valence-electron chi connectivity index (χ0n) is 13.8. The van der Waals surface area contributed by atoms with Crippen LogP contribution in [0.25, 0.3) is 0 Å². The van der Waals surface area contributed by atoms with Gasteiger partial charge in [0.05, 0.1) is 11.5 Å². The minimum Gasteiger partial charge on any atom is -0.325 e. The van der Waals surface area contributed by atoms with E-state index in [4.69, 9.17) is 11.6 Å². The Morgan fingerprint density at radius 3 is 2.68 bits per heavy atom. The summed E-state index contributed by atoms with van der Waals surface area (Å²) in [5.74, 6) is -0.175. The lowest BCUT2D eigenvalue weighted by Crippen LogP contribution is -2.30. The minimum atomic E-state index is -0.470. The van der Waals surface area contributed by atoms with Crippen LogP contribution in [0, 0.1) is 17.0 Å². The van der Waals surface area contributed by atoms with Crippen LogP contribution in [0.15, 0.2) is 40.9 Å². The molecule has 0 spiro atoms. The van der Waals surface area contributed by atoms with Crippen molar-refractivity contribution in [2.45, 2.75) is 13.5 Å². The maximum atomic E-state index is 12.2. The second-order valence-corrected chi connectivity index (χ2v) is 6.98. The predicted octanol–water partition coefficient (Wildman–Crippen LogP) is 4.39. The molecule has 0 aliphatic heterocycles. The van der Waals surface area contributed by atoms with Crippen LogP contribution in [0.4, 0.5) is 11.4 Å². The number of benzene rings is 2. The molecule has 0 saturated heterocycles. The van der Waals surface area contributed by atoms with Gasteiger partial charge in [-0.3, -0.25) is 19.8 Å². The zero-order valence-corrected chi connectivity index (χ0v) is 16.1. The fourth-order valence-electron chi connectivity index (χ4n) is 2.31. The molecule has 0 unspecified atom stereocenters. The summed E-state index contributed by atoms with van der Waals surface area (Å²) in [4.78, 5) is 24.3. The maximum absolute atomic E-state index is 12.2. The Hall–Kier alpha value is -1.96. The fraction of sp³-hybridized carbons (Fsp3) is 0.235. The Morgan fingerprint density at radius 2 is 2.04 bits per heavy atom. The average Bonchev–Trinajstić information content (AvgIpc) is 2.52. The Bertz CT molecular complexity index is 814. The van der Waals surface area contributed by atoms with E-state index in [9.17, 15) is 14.9 Å². The molecule has 0 bridgehead atoms. The number of non-ortho nitro benzene ring substituents is 1. The number of aryl methyl sites for hydroxylation is 1. The van der Waals surface area contributed by atoms with Gasteiger partial charge in [-0.1, -0.05) is 27.5 Å². The van der Waals surface area contributed by atoms with E-state index in [0.717, 1.165) is 10.0 Å². The summed E-state index contributed by atoms with van der Waals surface area (Å²) in [5, 5.41) is 14.1. The van der Waals surface area contributed by atoms with E-state index in [0.29, 0.717) is 22.8 Å². The van der Waals surface area contributed by atoms with Gasteiger partial charge in [-0.15, -0.1) is 0 Å².